The lowest BCUT2D eigenvalue weighted by Gasteiger charge is -2.33. The number of fused-ring (bicyclic) bond motifs is 2. The number of amides is 2. The van der Waals surface area contributed by atoms with Crippen LogP contribution in [0.1, 0.15) is 52.1 Å². The van der Waals surface area contributed by atoms with E-state index in [4.69, 9.17) is 4.42 Å². The maximum atomic E-state index is 13.7. The molecule has 1 fully saturated rings. The van der Waals surface area contributed by atoms with Gasteiger partial charge < -0.3 is 19.6 Å². The minimum absolute atomic E-state index is 0.163. The van der Waals surface area contributed by atoms with E-state index in [1.165, 1.54) is 50.4 Å². The summed E-state index contributed by atoms with van der Waals surface area (Å²) >= 11 is 0. The Labute approximate surface area is 252 Å². The number of aromatic amines is 1. The molecule has 3 heterocycles. The van der Waals surface area contributed by atoms with Crippen LogP contribution in [0.5, 0.6) is 0 Å². The summed E-state index contributed by atoms with van der Waals surface area (Å²) in [7, 11) is -2.21. The SMILES string of the molecule is CCS(=O)(=O)Nc1cc2oc(-c3ccc(F)cc3)c(C(=O)NC)c2cc1[C@H]1CCCN(C(=O)c2cc3cc(F)ccc3[nH]2)C1. The van der Waals surface area contributed by atoms with E-state index in [-0.39, 0.29) is 41.0 Å². The molecule has 0 radical (unpaired) electrons. The number of hydrogen-bond acceptors (Lipinski definition) is 5. The Kier molecular flexibility index (Phi) is 7.62. The number of furan rings is 1. The number of nitrogens with zero attached hydrogens (tertiary/aromatic N) is 1. The van der Waals surface area contributed by atoms with Gasteiger partial charge in [0.15, 0.2) is 0 Å². The monoisotopic (exact) mass is 620 g/mol. The summed E-state index contributed by atoms with van der Waals surface area (Å²) in [5.74, 6) is -1.75. The van der Waals surface area contributed by atoms with E-state index in [2.05, 4.69) is 15.0 Å². The largest absolute Gasteiger partial charge is 0.455 e. The Morgan fingerprint density at radius 1 is 1.05 bits per heavy atom. The summed E-state index contributed by atoms with van der Waals surface area (Å²) in [6.45, 7) is 2.30. The number of hydrogen-bond donors (Lipinski definition) is 3. The highest BCUT2D eigenvalue weighted by atomic mass is 32.2. The fourth-order valence-electron chi connectivity index (χ4n) is 5.78. The summed E-state index contributed by atoms with van der Waals surface area (Å²) in [5.41, 5.74) is 2.86. The number of carbonyl (C=O) groups excluding carboxylic acids is 2. The zero-order valence-electron chi connectivity index (χ0n) is 24.0. The number of anilines is 1. The van der Waals surface area contributed by atoms with E-state index < -0.39 is 27.6 Å². The molecule has 0 spiro atoms. The van der Waals surface area contributed by atoms with Crippen LogP contribution in [0.15, 0.2) is 65.1 Å². The van der Waals surface area contributed by atoms with Crippen LogP contribution >= 0.6 is 0 Å². The highest BCUT2D eigenvalue weighted by molar-refractivity contribution is 7.92. The molecule has 5 aromatic rings. The van der Waals surface area contributed by atoms with E-state index in [9.17, 15) is 26.8 Å². The molecular weight excluding hydrogens is 590 g/mol. The normalized spacial score (nSPS) is 15.5. The van der Waals surface area contributed by atoms with E-state index in [0.29, 0.717) is 58.2 Å². The maximum Gasteiger partial charge on any atom is 0.270 e. The first-order chi connectivity index (χ1) is 21.1. The third-order valence-corrected chi connectivity index (χ3v) is 9.32. The summed E-state index contributed by atoms with van der Waals surface area (Å²) in [5, 5.41) is 3.68. The van der Waals surface area contributed by atoms with E-state index in [1.54, 1.807) is 29.2 Å². The van der Waals surface area contributed by atoms with Crippen LogP contribution in [-0.4, -0.2) is 56.0 Å². The Hall–Kier alpha value is -4.71. The van der Waals surface area contributed by atoms with Crippen LogP contribution in [-0.2, 0) is 10.0 Å². The molecule has 1 aliphatic rings. The number of carbonyl (C=O) groups is 2. The van der Waals surface area contributed by atoms with Crippen LogP contribution in [0, 0.1) is 11.6 Å². The van der Waals surface area contributed by atoms with Crippen LogP contribution in [0.25, 0.3) is 33.2 Å². The number of rotatable bonds is 7. The smallest absolute Gasteiger partial charge is 0.270 e. The number of halogens is 2. The topological polar surface area (TPSA) is 125 Å². The highest BCUT2D eigenvalue weighted by Gasteiger charge is 2.31. The summed E-state index contributed by atoms with van der Waals surface area (Å²) in [6.07, 6.45) is 1.31. The molecule has 2 aromatic heterocycles. The zero-order chi connectivity index (χ0) is 31.2. The molecule has 3 aromatic carbocycles. The molecule has 0 unspecified atom stereocenters. The summed E-state index contributed by atoms with van der Waals surface area (Å²) in [6, 6.07) is 14.7. The van der Waals surface area contributed by atoms with Gasteiger partial charge in [-0.05, 0) is 79.9 Å². The molecule has 0 aliphatic carbocycles. The molecule has 1 saturated heterocycles. The van der Waals surface area contributed by atoms with Crippen molar-refractivity contribution in [3.05, 3.63) is 89.1 Å². The van der Waals surface area contributed by atoms with E-state index in [1.807, 2.05) is 0 Å². The van der Waals surface area contributed by atoms with Crippen molar-refractivity contribution in [3.8, 4) is 11.3 Å². The number of aromatic nitrogens is 1. The molecule has 2 amide bonds. The van der Waals surface area contributed by atoms with E-state index >= 15 is 0 Å². The number of benzene rings is 3. The van der Waals surface area contributed by atoms with Crippen molar-refractivity contribution in [1.82, 2.24) is 15.2 Å². The molecule has 44 heavy (non-hydrogen) atoms. The minimum atomic E-state index is -3.70. The lowest BCUT2D eigenvalue weighted by molar-refractivity contribution is 0.0702. The molecule has 1 atom stereocenters. The third kappa shape index (κ3) is 5.52. The fraction of sp³-hybridized carbons (Fsp3) is 0.250. The van der Waals surface area contributed by atoms with Crippen molar-refractivity contribution in [3.63, 3.8) is 0 Å². The second-order valence-electron chi connectivity index (χ2n) is 10.8. The van der Waals surface area contributed by atoms with E-state index in [0.717, 1.165) is 0 Å². The lowest BCUT2D eigenvalue weighted by Crippen LogP contribution is -2.39. The molecule has 0 saturated carbocycles. The number of sulfonamides is 1. The quantitative estimate of drug-likeness (QED) is 0.206. The van der Waals surface area contributed by atoms with Gasteiger partial charge in [0.1, 0.15) is 28.7 Å². The predicted octanol–water partition coefficient (Wildman–Crippen LogP) is 6.00. The van der Waals surface area contributed by atoms with Gasteiger partial charge in [-0.1, -0.05) is 0 Å². The Morgan fingerprint density at radius 2 is 1.80 bits per heavy atom. The number of piperidine rings is 1. The van der Waals surface area contributed by atoms with Crippen LogP contribution < -0.4 is 10.0 Å². The molecule has 0 bridgehead atoms. The van der Waals surface area contributed by atoms with Gasteiger partial charge in [-0.3, -0.25) is 14.3 Å². The molecular formula is C32H30F2N4O5S. The molecule has 9 nitrogen and oxygen atoms in total. The number of nitrogens with one attached hydrogen (secondary N) is 3. The molecule has 6 rings (SSSR count). The average molecular weight is 621 g/mol. The van der Waals surface area contributed by atoms with Crippen molar-refractivity contribution in [2.24, 2.45) is 0 Å². The van der Waals surface area contributed by atoms with Gasteiger partial charge in [0.25, 0.3) is 11.8 Å². The van der Waals surface area contributed by atoms with Gasteiger partial charge in [-0.2, -0.15) is 0 Å². The summed E-state index contributed by atoms with van der Waals surface area (Å²) in [4.78, 5) is 31.5. The number of H-pyrrole nitrogens is 1. The van der Waals surface area contributed by atoms with Gasteiger partial charge in [0.05, 0.1) is 17.0 Å². The highest BCUT2D eigenvalue weighted by Crippen LogP contribution is 2.41. The van der Waals surface area contributed by atoms with Gasteiger partial charge in [0, 0.05) is 54.0 Å². The van der Waals surface area contributed by atoms with Crippen LogP contribution in [0.2, 0.25) is 0 Å². The van der Waals surface area contributed by atoms with Gasteiger partial charge >= 0.3 is 0 Å². The lowest BCUT2D eigenvalue weighted by atomic mass is 9.88. The van der Waals surface area contributed by atoms with Crippen molar-refractivity contribution < 1.29 is 31.2 Å². The van der Waals surface area contributed by atoms with Crippen molar-refractivity contribution in [2.45, 2.75) is 25.7 Å². The Bertz CT molecular complexity index is 2020. The fourth-order valence-corrected chi connectivity index (χ4v) is 6.44. The molecule has 3 N–H and O–H groups in total. The third-order valence-electron chi connectivity index (χ3n) is 8.03. The average Bonchev–Trinajstić information content (AvgIpc) is 3.61. The molecule has 1 aliphatic heterocycles. The standard InChI is InChI=1S/C32H30F2N4O5S/c1-3-44(41,42)37-26-16-28-24(29(31(39)35-2)30(43-28)18-6-8-21(33)9-7-18)15-23(26)19-5-4-12-38(17-19)32(40)27-14-20-13-22(34)10-11-25(20)36-27/h6-11,13-16,19,36-37H,3-5,12,17H2,1-2H3,(H,35,39)/t19-/m0/s1. The Balaban J connectivity index is 1.44. The molecule has 228 valence electrons. The maximum absolute atomic E-state index is 13.7. The van der Waals surface area contributed by atoms with Crippen LogP contribution in [0.4, 0.5) is 14.5 Å². The van der Waals surface area contributed by atoms with Crippen LogP contribution in [0.3, 0.4) is 0 Å². The second kappa shape index (κ2) is 11.4. The Morgan fingerprint density at radius 3 is 2.52 bits per heavy atom. The van der Waals surface area contributed by atoms with Gasteiger partial charge in [-0.15, -0.1) is 0 Å². The number of likely N-dealkylation sites (tertiary alicyclic amines) is 1. The first-order valence-electron chi connectivity index (χ1n) is 14.2. The zero-order valence-corrected chi connectivity index (χ0v) is 24.9. The second-order valence-corrected chi connectivity index (χ2v) is 12.8. The first-order valence-corrected chi connectivity index (χ1v) is 15.9. The van der Waals surface area contributed by atoms with Crippen molar-refractivity contribution in [1.29, 1.82) is 0 Å². The predicted molar refractivity (Wildman–Crippen MR) is 164 cm³/mol. The van der Waals surface area contributed by atoms with Gasteiger partial charge in [0.2, 0.25) is 10.0 Å². The minimum Gasteiger partial charge on any atom is -0.455 e. The summed E-state index contributed by atoms with van der Waals surface area (Å²) < 4.78 is 61.7. The van der Waals surface area contributed by atoms with Gasteiger partial charge in [-0.25, -0.2) is 17.2 Å². The van der Waals surface area contributed by atoms with Crippen molar-refractivity contribution in [2.75, 3.05) is 30.6 Å². The molecule has 12 heteroatoms. The first kappa shape index (κ1) is 29.4. The van der Waals surface area contributed by atoms with Crippen molar-refractivity contribution >= 4 is 49.4 Å².